The van der Waals surface area contributed by atoms with Gasteiger partial charge in [-0.05, 0) is 55.6 Å². The molecule has 1 aromatic heterocycles. The normalized spacial score (nSPS) is 16.6. The van der Waals surface area contributed by atoms with E-state index in [0.29, 0.717) is 20.9 Å². The van der Waals surface area contributed by atoms with Crippen LogP contribution in [0.15, 0.2) is 83.8 Å². The summed E-state index contributed by atoms with van der Waals surface area (Å²) in [5.41, 5.74) is 2.61. The van der Waals surface area contributed by atoms with Gasteiger partial charge in [0.1, 0.15) is 27.3 Å². The summed E-state index contributed by atoms with van der Waals surface area (Å²) in [4.78, 5) is 28.9. The van der Waals surface area contributed by atoms with Crippen LogP contribution in [0.3, 0.4) is 0 Å². The summed E-state index contributed by atoms with van der Waals surface area (Å²) in [6.45, 7) is 4.58. The molecule has 1 fully saturated rings. The zero-order valence-corrected chi connectivity index (χ0v) is 24.6. The predicted octanol–water partition coefficient (Wildman–Crippen LogP) is 6.35. The minimum absolute atomic E-state index is 0.115. The number of amides is 1. The second kappa shape index (κ2) is 12.8. The number of allylic oxidation sites excluding steroid dienone is 1. The third kappa shape index (κ3) is 6.53. The monoisotopic (exact) mass is 610 g/mol. The van der Waals surface area contributed by atoms with E-state index in [1.165, 1.54) is 35.6 Å². The van der Waals surface area contributed by atoms with Crippen molar-refractivity contribution in [2.45, 2.75) is 6.61 Å². The summed E-state index contributed by atoms with van der Waals surface area (Å²) in [7, 11) is 3.88. The molecule has 2 aliphatic heterocycles. The lowest BCUT2D eigenvalue weighted by atomic mass is 10.1. The largest absolute Gasteiger partial charge is 0.434 e. The van der Waals surface area contributed by atoms with E-state index < -0.39 is 12.5 Å². The molecule has 0 bridgehead atoms. The molecule has 0 saturated carbocycles. The third-order valence-electron chi connectivity index (χ3n) is 6.87. The van der Waals surface area contributed by atoms with Gasteiger partial charge < -0.3 is 24.8 Å². The number of alkyl halides is 2. The first-order valence-electron chi connectivity index (χ1n) is 13.1. The highest BCUT2D eigenvalue weighted by Crippen LogP contribution is 2.43. The number of nitrogens with zero attached hydrogens (tertiary/aromatic N) is 5. The second-order valence-corrected chi connectivity index (χ2v) is 11.1. The van der Waals surface area contributed by atoms with E-state index in [9.17, 15) is 13.6 Å². The van der Waals surface area contributed by atoms with Crippen molar-refractivity contribution in [1.82, 2.24) is 14.8 Å². The number of thiazole rings is 1. The number of aromatic nitrogens is 1. The van der Waals surface area contributed by atoms with Gasteiger partial charge in [-0.25, -0.2) is 9.98 Å². The number of likely N-dealkylation sites (N-methyl/N-ethyl adjacent to an activating group) is 1. The summed E-state index contributed by atoms with van der Waals surface area (Å²) in [5, 5.41) is 4.11. The maximum absolute atomic E-state index is 13.5. The van der Waals surface area contributed by atoms with Crippen LogP contribution >= 0.6 is 22.9 Å². The van der Waals surface area contributed by atoms with Crippen molar-refractivity contribution in [2.75, 3.05) is 50.5 Å². The number of ether oxygens (including phenoxy) is 1. The maximum atomic E-state index is 13.5. The molecule has 0 aliphatic carbocycles. The summed E-state index contributed by atoms with van der Waals surface area (Å²) < 4.78 is 31.4. The van der Waals surface area contributed by atoms with Crippen LogP contribution in [0, 0.1) is 0 Å². The predicted molar refractivity (Wildman–Crippen MR) is 166 cm³/mol. The second-order valence-electron chi connectivity index (χ2n) is 9.68. The minimum atomic E-state index is -3.06. The van der Waals surface area contributed by atoms with Crippen LogP contribution in [0.4, 0.5) is 19.5 Å². The third-order valence-corrected chi connectivity index (χ3v) is 8.12. The van der Waals surface area contributed by atoms with Crippen LogP contribution in [0.2, 0.25) is 5.02 Å². The Hall–Kier alpha value is -4.06. The van der Waals surface area contributed by atoms with Gasteiger partial charge in [0.05, 0.1) is 5.57 Å². The number of carbonyl (C=O) groups is 1. The lowest BCUT2D eigenvalue weighted by Gasteiger charge is -2.34. The molecule has 218 valence electrons. The number of benzene rings is 2. The van der Waals surface area contributed by atoms with E-state index >= 15 is 0 Å². The molecular formula is C30H29ClF2N6O2S. The lowest BCUT2D eigenvalue weighted by molar-refractivity contribution is -0.112. The van der Waals surface area contributed by atoms with E-state index in [0.717, 1.165) is 37.4 Å². The Labute approximate surface area is 251 Å². The van der Waals surface area contributed by atoms with Crippen LogP contribution in [-0.4, -0.2) is 73.8 Å². The topological polar surface area (TPSA) is 73.3 Å². The average Bonchev–Trinajstić information content (AvgIpc) is 3.39. The molecule has 0 unspecified atom stereocenters. The molecule has 8 nitrogen and oxygen atoms in total. The van der Waals surface area contributed by atoms with Crippen molar-refractivity contribution in [3.05, 3.63) is 83.8 Å². The molecule has 2 aliphatic rings. The van der Waals surface area contributed by atoms with E-state index in [1.54, 1.807) is 30.4 Å². The molecule has 3 aromatic rings. The molecule has 42 heavy (non-hydrogen) atoms. The van der Waals surface area contributed by atoms with Crippen molar-refractivity contribution in [2.24, 2.45) is 4.99 Å². The van der Waals surface area contributed by atoms with Gasteiger partial charge in [-0.2, -0.15) is 8.78 Å². The molecule has 1 N–H and O–H groups in total. The van der Waals surface area contributed by atoms with Gasteiger partial charge in [0.15, 0.2) is 0 Å². The van der Waals surface area contributed by atoms with Crippen LogP contribution in [-0.2, 0) is 4.79 Å². The molecule has 12 heteroatoms. The molecule has 3 heterocycles. The molecule has 2 aromatic carbocycles. The molecule has 0 atom stereocenters. The Morgan fingerprint density at radius 2 is 1.88 bits per heavy atom. The Morgan fingerprint density at radius 1 is 1.14 bits per heavy atom. The number of aliphatic imine (C=N–C) groups is 1. The molecule has 1 amide bonds. The number of carbonyl (C=O) groups excluding carboxylic acids is 1. The SMILES string of the molecule is C=C/C(C(=O)Nc1sc(-c2ccc(N3CCN(C)CC3)cc2)nc1-c1cc(Cl)ccc1OC(F)F)=C1/N=CC=CN1C. The van der Waals surface area contributed by atoms with E-state index in [1.807, 2.05) is 24.3 Å². The van der Waals surface area contributed by atoms with Crippen molar-refractivity contribution in [1.29, 1.82) is 0 Å². The molecular weight excluding hydrogens is 582 g/mol. The first-order chi connectivity index (χ1) is 20.2. The van der Waals surface area contributed by atoms with Gasteiger partial charge in [0, 0.05) is 67.5 Å². The zero-order chi connectivity index (χ0) is 29.8. The zero-order valence-electron chi connectivity index (χ0n) is 23.1. The quantitative estimate of drug-likeness (QED) is 0.300. The number of nitrogens with one attached hydrogen (secondary N) is 1. The van der Waals surface area contributed by atoms with Gasteiger partial charge in [-0.3, -0.25) is 4.79 Å². The molecule has 1 saturated heterocycles. The first kappa shape index (κ1) is 29.4. The standard InChI is InChI=1S/C30H29ClF2N6O2S/c1-4-22(26-34-12-5-13-38(26)3)27(40)36-29-25(23-18-20(31)8-11-24(23)41-30(32)33)35-28(42-29)19-6-9-21(10-7-19)39-16-14-37(2)15-17-39/h4-13,18,30H,1,14-17H2,2-3H3,(H,36,40)/b26-22+. The van der Waals surface area contributed by atoms with Gasteiger partial charge in [0.2, 0.25) is 0 Å². The van der Waals surface area contributed by atoms with Crippen molar-refractivity contribution >= 4 is 45.7 Å². The Morgan fingerprint density at radius 3 is 2.55 bits per heavy atom. The number of halogens is 3. The number of piperazine rings is 1. The number of anilines is 2. The average molecular weight is 611 g/mol. The summed E-state index contributed by atoms with van der Waals surface area (Å²) in [6.07, 6.45) is 6.50. The Kier molecular flexibility index (Phi) is 9.00. The minimum Gasteiger partial charge on any atom is -0.434 e. The van der Waals surface area contributed by atoms with Crippen molar-refractivity contribution in [3.8, 4) is 27.6 Å². The number of hydrogen-bond acceptors (Lipinski definition) is 8. The fourth-order valence-electron chi connectivity index (χ4n) is 4.63. The number of hydrogen-bond donors (Lipinski definition) is 1. The van der Waals surface area contributed by atoms with Crippen molar-refractivity contribution in [3.63, 3.8) is 0 Å². The van der Waals surface area contributed by atoms with Gasteiger partial charge in [0.25, 0.3) is 5.91 Å². The van der Waals surface area contributed by atoms with Crippen LogP contribution in [0.1, 0.15) is 0 Å². The van der Waals surface area contributed by atoms with Crippen LogP contribution in [0.25, 0.3) is 21.8 Å². The fourth-order valence-corrected chi connectivity index (χ4v) is 5.79. The molecule has 0 radical (unpaired) electrons. The smallest absolute Gasteiger partial charge is 0.387 e. The van der Waals surface area contributed by atoms with Crippen LogP contribution in [0.5, 0.6) is 5.75 Å². The first-order valence-corrected chi connectivity index (χ1v) is 14.3. The van der Waals surface area contributed by atoms with E-state index in [4.69, 9.17) is 21.3 Å². The lowest BCUT2D eigenvalue weighted by Crippen LogP contribution is -2.44. The highest BCUT2D eigenvalue weighted by molar-refractivity contribution is 7.19. The van der Waals surface area contributed by atoms with Crippen molar-refractivity contribution < 1.29 is 18.3 Å². The maximum Gasteiger partial charge on any atom is 0.387 e. The molecule has 0 spiro atoms. The Bertz CT molecular complexity index is 1560. The van der Waals surface area contributed by atoms with Gasteiger partial charge in [-0.15, -0.1) is 0 Å². The van der Waals surface area contributed by atoms with Gasteiger partial charge in [-0.1, -0.05) is 35.6 Å². The number of rotatable bonds is 8. The highest BCUT2D eigenvalue weighted by atomic mass is 35.5. The van der Waals surface area contributed by atoms with Crippen LogP contribution < -0.4 is 15.0 Å². The summed E-state index contributed by atoms with van der Waals surface area (Å²) >= 11 is 7.48. The highest BCUT2D eigenvalue weighted by Gasteiger charge is 2.24. The van der Waals surface area contributed by atoms with E-state index in [-0.39, 0.29) is 22.6 Å². The summed E-state index contributed by atoms with van der Waals surface area (Å²) in [5.74, 6) is -0.198. The fraction of sp³-hybridized carbons (Fsp3) is 0.233. The summed E-state index contributed by atoms with van der Waals surface area (Å²) in [6, 6.07) is 12.3. The van der Waals surface area contributed by atoms with E-state index in [2.05, 4.69) is 33.7 Å². The Balaban J connectivity index is 1.54. The van der Waals surface area contributed by atoms with Gasteiger partial charge >= 0.3 is 6.61 Å². The molecule has 5 rings (SSSR count).